The van der Waals surface area contributed by atoms with E-state index in [4.69, 9.17) is 28.9 Å². The molecule has 0 amide bonds. The quantitative estimate of drug-likeness (QED) is 0.857. The minimum absolute atomic E-state index is 0.281. The van der Waals surface area contributed by atoms with Gasteiger partial charge in [0.05, 0.1) is 21.3 Å². The van der Waals surface area contributed by atoms with Gasteiger partial charge in [0.1, 0.15) is 6.07 Å². The molecule has 19 heavy (non-hydrogen) atoms. The molecule has 0 radical (unpaired) electrons. The molecule has 0 saturated carbocycles. The summed E-state index contributed by atoms with van der Waals surface area (Å²) in [4.78, 5) is 3.97. The lowest BCUT2D eigenvalue weighted by Gasteiger charge is -2.08. The van der Waals surface area contributed by atoms with Crippen LogP contribution in [0.3, 0.4) is 0 Å². The predicted octanol–water partition coefficient (Wildman–Crippen LogP) is 3.74. The molecule has 94 valence electrons. The van der Waals surface area contributed by atoms with Crippen LogP contribution in [0.5, 0.6) is 0 Å². The zero-order chi connectivity index (χ0) is 13.8. The Bertz CT molecular complexity index is 673. The Hall–Kier alpha value is -2.02. The third-order valence-corrected chi connectivity index (χ3v) is 3.39. The van der Waals surface area contributed by atoms with E-state index in [0.717, 1.165) is 0 Å². The first-order valence-corrected chi connectivity index (χ1v) is 6.15. The number of rotatable bonds is 2. The molecule has 1 aromatic heterocycles. The summed E-state index contributed by atoms with van der Waals surface area (Å²) in [6.07, 6.45) is 3.20. The molecule has 5 heteroatoms. The minimum atomic E-state index is 0.281. The van der Waals surface area contributed by atoms with Crippen molar-refractivity contribution in [3.05, 3.63) is 63.9 Å². The van der Waals surface area contributed by atoms with E-state index >= 15 is 0 Å². The number of pyridine rings is 1. The topological polar surface area (TPSA) is 62.7 Å². The zero-order valence-corrected chi connectivity index (χ0v) is 11.3. The van der Waals surface area contributed by atoms with Gasteiger partial charge >= 0.3 is 0 Å². The summed E-state index contributed by atoms with van der Waals surface area (Å²) in [5.41, 5.74) is 7.81. The van der Waals surface area contributed by atoms with Crippen molar-refractivity contribution in [1.82, 2.24) is 4.98 Å². The van der Waals surface area contributed by atoms with E-state index in [0.29, 0.717) is 26.7 Å². The Morgan fingerprint density at radius 2 is 2.00 bits per heavy atom. The average molecular weight is 290 g/mol. The summed E-state index contributed by atoms with van der Waals surface area (Å²) in [6, 6.07) is 10.7. The number of allylic oxidation sites excluding steroid dienone is 1. The first-order chi connectivity index (χ1) is 9.15. The number of hydrogen-bond donors (Lipinski definition) is 1. The van der Waals surface area contributed by atoms with Gasteiger partial charge in [-0.15, -0.1) is 0 Å². The van der Waals surface area contributed by atoms with E-state index in [9.17, 15) is 5.26 Å². The molecule has 0 atom stereocenters. The van der Waals surface area contributed by atoms with Crippen LogP contribution in [0.1, 0.15) is 11.1 Å². The zero-order valence-electron chi connectivity index (χ0n) is 9.77. The molecule has 0 fully saturated rings. The molecule has 2 rings (SSSR count). The molecule has 0 bridgehead atoms. The van der Waals surface area contributed by atoms with Gasteiger partial charge in [-0.3, -0.25) is 4.98 Å². The maximum atomic E-state index is 9.28. The van der Waals surface area contributed by atoms with Crippen LogP contribution in [0, 0.1) is 11.3 Å². The normalized spacial score (nSPS) is 11.6. The first-order valence-electron chi connectivity index (χ1n) is 5.39. The van der Waals surface area contributed by atoms with Crippen LogP contribution in [-0.4, -0.2) is 4.98 Å². The summed E-state index contributed by atoms with van der Waals surface area (Å²) < 4.78 is 0. The number of halogens is 2. The molecular weight excluding hydrogens is 281 g/mol. The molecule has 2 N–H and O–H groups in total. The fourth-order valence-corrected chi connectivity index (χ4v) is 2.04. The minimum Gasteiger partial charge on any atom is -0.397 e. The van der Waals surface area contributed by atoms with E-state index in [1.807, 2.05) is 0 Å². The number of nitrogens with zero attached hydrogens (tertiary/aromatic N) is 2. The van der Waals surface area contributed by atoms with Gasteiger partial charge in [-0.05, 0) is 12.1 Å². The van der Waals surface area contributed by atoms with Crippen molar-refractivity contribution in [2.75, 3.05) is 0 Å². The molecule has 0 spiro atoms. The van der Waals surface area contributed by atoms with Crippen LogP contribution in [0.25, 0.3) is 11.3 Å². The van der Waals surface area contributed by atoms with Gasteiger partial charge in [-0.25, -0.2) is 0 Å². The van der Waals surface area contributed by atoms with E-state index < -0.39 is 0 Å². The molecule has 2 aromatic rings. The van der Waals surface area contributed by atoms with Gasteiger partial charge in [-0.2, -0.15) is 5.26 Å². The maximum Gasteiger partial charge on any atom is 0.102 e. The number of aromatic nitrogens is 1. The van der Waals surface area contributed by atoms with Gasteiger partial charge in [0, 0.05) is 23.5 Å². The van der Waals surface area contributed by atoms with Crippen molar-refractivity contribution in [2.24, 2.45) is 5.73 Å². The average Bonchev–Trinajstić information content (AvgIpc) is 2.44. The van der Waals surface area contributed by atoms with Crippen molar-refractivity contribution in [3.8, 4) is 6.07 Å². The molecular formula is C14H9Cl2N3. The number of benzene rings is 1. The third-order valence-electron chi connectivity index (χ3n) is 2.57. The summed E-state index contributed by atoms with van der Waals surface area (Å²) in [6.45, 7) is 0. The number of nitrogens with two attached hydrogens (primary N) is 1. The number of nitriles is 1. The monoisotopic (exact) mass is 289 g/mol. The van der Waals surface area contributed by atoms with Crippen molar-refractivity contribution in [1.29, 1.82) is 5.26 Å². The maximum absolute atomic E-state index is 9.28. The summed E-state index contributed by atoms with van der Waals surface area (Å²) >= 11 is 12.1. The largest absolute Gasteiger partial charge is 0.397 e. The Labute approximate surface area is 120 Å². The smallest absolute Gasteiger partial charge is 0.102 e. The fourth-order valence-electron chi connectivity index (χ4n) is 1.64. The Morgan fingerprint density at radius 1 is 1.21 bits per heavy atom. The van der Waals surface area contributed by atoms with E-state index in [-0.39, 0.29) is 5.70 Å². The van der Waals surface area contributed by atoms with Gasteiger partial charge < -0.3 is 5.73 Å². The molecule has 0 saturated heterocycles. The van der Waals surface area contributed by atoms with Crippen molar-refractivity contribution < 1.29 is 0 Å². The van der Waals surface area contributed by atoms with Crippen molar-refractivity contribution in [2.45, 2.75) is 0 Å². The number of hydrogen-bond acceptors (Lipinski definition) is 3. The molecule has 1 heterocycles. The standard InChI is InChI=1S/C14H9Cl2N3/c15-12-5-1-4-10(13(12)16)14(18)11(7-17)9-3-2-6-19-8-9/h1-6,8H,18H2/b14-11-. The Kier molecular flexibility index (Phi) is 4.06. The van der Waals surface area contributed by atoms with Crippen LogP contribution in [0.15, 0.2) is 42.7 Å². The van der Waals surface area contributed by atoms with Crippen LogP contribution in [-0.2, 0) is 0 Å². The van der Waals surface area contributed by atoms with Crippen molar-refractivity contribution >= 4 is 34.5 Å². The lowest BCUT2D eigenvalue weighted by molar-refractivity contribution is 1.31. The van der Waals surface area contributed by atoms with Gasteiger partial charge in [-0.1, -0.05) is 41.4 Å². The highest BCUT2D eigenvalue weighted by Gasteiger charge is 2.12. The molecule has 0 aliphatic carbocycles. The SMILES string of the molecule is N#C/C(=C(/N)c1cccc(Cl)c1Cl)c1cccnc1. The molecule has 3 nitrogen and oxygen atoms in total. The van der Waals surface area contributed by atoms with Gasteiger partial charge in [0.25, 0.3) is 0 Å². The second-order valence-corrected chi connectivity index (χ2v) is 4.53. The molecule has 0 aliphatic rings. The molecule has 0 aliphatic heterocycles. The lowest BCUT2D eigenvalue weighted by Crippen LogP contribution is -2.02. The fraction of sp³-hybridized carbons (Fsp3) is 0. The molecule has 1 aromatic carbocycles. The highest BCUT2D eigenvalue weighted by molar-refractivity contribution is 6.43. The van der Waals surface area contributed by atoms with Crippen LogP contribution in [0.2, 0.25) is 10.0 Å². The summed E-state index contributed by atoms with van der Waals surface area (Å²) in [5, 5.41) is 10.0. The van der Waals surface area contributed by atoms with E-state index in [1.165, 1.54) is 0 Å². The van der Waals surface area contributed by atoms with Crippen LogP contribution in [0.4, 0.5) is 0 Å². The summed E-state index contributed by atoms with van der Waals surface area (Å²) in [7, 11) is 0. The van der Waals surface area contributed by atoms with Gasteiger partial charge in [0.15, 0.2) is 0 Å². The Morgan fingerprint density at radius 3 is 2.63 bits per heavy atom. The Balaban J connectivity index is 2.63. The summed E-state index contributed by atoms with van der Waals surface area (Å²) in [5.74, 6) is 0. The molecule has 0 unspecified atom stereocenters. The van der Waals surface area contributed by atoms with Gasteiger partial charge in [0.2, 0.25) is 0 Å². The lowest BCUT2D eigenvalue weighted by atomic mass is 10.0. The van der Waals surface area contributed by atoms with E-state index in [2.05, 4.69) is 11.1 Å². The highest BCUT2D eigenvalue weighted by Crippen LogP contribution is 2.31. The van der Waals surface area contributed by atoms with E-state index in [1.54, 1.807) is 42.7 Å². The predicted molar refractivity (Wildman–Crippen MR) is 77.3 cm³/mol. The van der Waals surface area contributed by atoms with Crippen LogP contribution < -0.4 is 5.73 Å². The first kappa shape index (κ1) is 13.4. The third kappa shape index (κ3) is 2.70. The van der Waals surface area contributed by atoms with Crippen LogP contribution >= 0.6 is 23.2 Å². The second-order valence-electron chi connectivity index (χ2n) is 3.74. The second kappa shape index (κ2) is 5.75. The van der Waals surface area contributed by atoms with Crippen molar-refractivity contribution in [3.63, 3.8) is 0 Å². The highest BCUT2D eigenvalue weighted by atomic mass is 35.5.